The van der Waals surface area contributed by atoms with Gasteiger partial charge < -0.3 is 10.2 Å². The average molecular weight is 512 g/mol. The van der Waals surface area contributed by atoms with Crippen molar-refractivity contribution in [3.8, 4) is 11.1 Å². The van der Waals surface area contributed by atoms with Crippen LogP contribution in [0.15, 0.2) is 71.2 Å². The summed E-state index contributed by atoms with van der Waals surface area (Å²) in [6, 6.07) is 22.4. The fraction of sp³-hybridized carbons (Fsp3) is 0.296. The molecule has 32 heavy (non-hydrogen) atoms. The second-order valence-corrected chi connectivity index (χ2v) is 9.59. The topological polar surface area (TPSA) is 32.3 Å². The van der Waals surface area contributed by atoms with Crippen LogP contribution in [0.1, 0.15) is 30.4 Å². The lowest BCUT2D eigenvalue weighted by Gasteiger charge is -2.15. The summed E-state index contributed by atoms with van der Waals surface area (Å²) in [7, 11) is 0. The number of rotatable bonds is 8. The lowest BCUT2D eigenvalue weighted by atomic mass is 10.0. The molecule has 1 fully saturated rings. The molecule has 1 saturated heterocycles. The van der Waals surface area contributed by atoms with Crippen LogP contribution < -0.4 is 5.32 Å². The van der Waals surface area contributed by atoms with Gasteiger partial charge in [0.2, 0.25) is 5.91 Å². The third-order valence-electron chi connectivity index (χ3n) is 6.01. The van der Waals surface area contributed by atoms with E-state index in [4.69, 9.17) is 11.6 Å². The quantitative estimate of drug-likeness (QED) is 0.354. The van der Waals surface area contributed by atoms with E-state index >= 15 is 0 Å². The number of benzene rings is 3. The minimum absolute atomic E-state index is 0.00933. The molecule has 3 nitrogen and oxygen atoms in total. The average Bonchev–Trinajstić information content (AvgIpc) is 3.32. The van der Waals surface area contributed by atoms with Gasteiger partial charge in [0.25, 0.3) is 0 Å². The normalized spacial score (nSPS) is 13.9. The number of nitrogens with one attached hydrogen (secondary N) is 1. The number of nitrogens with zero attached hydrogens (tertiary/aromatic N) is 1. The highest BCUT2D eigenvalue weighted by Crippen LogP contribution is 2.27. The molecule has 0 atom stereocenters. The summed E-state index contributed by atoms with van der Waals surface area (Å²) in [6.45, 7) is 3.43. The Morgan fingerprint density at radius 3 is 2.38 bits per heavy atom. The smallest absolute Gasteiger partial charge is 0.224 e. The molecule has 3 aromatic rings. The molecule has 1 amide bonds. The monoisotopic (exact) mass is 510 g/mol. The number of carbonyl (C=O) groups excluding carboxylic acids is 1. The van der Waals surface area contributed by atoms with Crippen molar-refractivity contribution < 1.29 is 4.79 Å². The molecular formula is C27H28BrClN2O. The highest BCUT2D eigenvalue weighted by Gasteiger charge is 2.13. The molecule has 5 heteroatoms. The molecule has 0 bridgehead atoms. The van der Waals surface area contributed by atoms with Gasteiger partial charge in [0.15, 0.2) is 0 Å². The summed E-state index contributed by atoms with van der Waals surface area (Å²) in [5.41, 5.74) is 5.35. The van der Waals surface area contributed by atoms with Gasteiger partial charge in [0, 0.05) is 28.1 Å². The van der Waals surface area contributed by atoms with E-state index in [1.165, 1.54) is 31.5 Å². The van der Waals surface area contributed by atoms with Crippen molar-refractivity contribution in [3.05, 3.63) is 87.4 Å². The molecule has 166 valence electrons. The Morgan fingerprint density at radius 2 is 1.66 bits per heavy atom. The van der Waals surface area contributed by atoms with Crippen molar-refractivity contribution in [2.45, 2.75) is 32.1 Å². The molecule has 1 N–H and O–H groups in total. The van der Waals surface area contributed by atoms with Gasteiger partial charge in [-0.3, -0.25) is 4.79 Å². The number of hydrogen-bond acceptors (Lipinski definition) is 2. The number of halogens is 2. The standard InChI is InChI=1S/C27H28BrClN2O/c28-25-18-23(20-6-2-1-3-7-20)9-8-21(25)11-13-27(32)30-24-12-10-22(26(29)19-24)14-17-31-15-4-5-16-31/h1-3,6-10,12,18-19H,4-5,11,13-17H2,(H,30,32). The van der Waals surface area contributed by atoms with Crippen molar-refractivity contribution in [3.63, 3.8) is 0 Å². The summed E-state index contributed by atoms with van der Waals surface area (Å²) in [5, 5.41) is 3.71. The number of aryl methyl sites for hydroxylation is 1. The second-order valence-electron chi connectivity index (χ2n) is 8.33. The molecule has 1 aliphatic heterocycles. The minimum Gasteiger partial charge on any atom is -0.326 e. The first-order chi connectivity index (χ1) is 15.6. The highest BCUT2D eigenvalue weighted by molar-refractivity contribution is 9.10. The molecule has 0 radical (unpaired) electrons. The third kappa shape index (κ3) is 6.22. The van der Waals surface area contributed by atoms with Gasteiger partial charge in [-0.2, -0.15) is 0 Å². The zero-order valence-corrected chi connectivity index (χ0v) is 20.5. The number of carbonyl (C=O) groups is 1. The lowest BCUT2D eigenvalue weighted by molar-refractivity contribution is -0.116. The summed E-state index contributed by atoms with van der Waals surface area (Å²) >= 11 is 10.1. The van der Waals surface area contributed by atoms with Crippen molar-refractivity contribution >= 4 is 39.1 Å². The summed E-state index contributed by atoms with van der Waals surface area (Å²) in [4.78, 5) is 15.0. The molecular weight excluding hydrogens is 484 g/mol. The first-order valence-corrected chi connectivity index (χ1v) is 12.4. The maximum Gasteiger partial charge on any atom is 0.224 e. The number of anilines is 1. The van der Waals surface area contributed by atoms with Gasteiger partial charge in [0.05, 0.1) is 0 Å². The van der Waals surface area contributed by atoms with Gasteiger partial charge in [0.1, 0.15) is 0 Å². The Morgan fingerprint density at radius 1 is 0.906 bits per heavy atom. The minimum atomic E-state index is -0.00933. The molecule has 0 aromatic heterocycles. The van der Waals surface area contributed by atoms with Gasteiger partial charge in [-0.25, -0.2) is 0 Å². The van der Waals surface area contributed by atoms with E-state index in [1.54, 1.807) is 0 Å². The van der Waals surface area contributed by atoms with Crippen LogP contribution >= 0.6 is 27.5 Å². The molecule has 0 aliphatic carbocycles. The van der Waals surface area contributed by atoms with E-state index < -0.39 is 0 Å². The fourth-order valence-corrected chi connectivity index (χ4v) is 5.00. The van der Waals surface area contributed by atoms with E-state index in [-0.39, 0.29) is 5.91 Å². The predicted octanol–water partition coefficient (Wildman–Crippen LogP) is 6.98. The van der Waals surface area contributed by atoms with Gasteiger partial charge in [-0.05, 0) is 79.2 Å². The maximum absolute atomic E-state index is 12.5. The molecule has 1 aliphatic rings. The molecule has 3 aromatic carbocycles. The highest BCUT2D eigenvalue weighted by atomic mass is 79.9. The third-order valence-corrected chi connectivity index (χ3v) is 7.10. The first kappa shape index (κ1) is 23.0. The Balaban J connectivity index is 1.29. The molecule has 1 heterocycles. The van der Waals surface area contributed by atoms with Crippen molar-refractivity contribution in [1.82, 2.24) is 4.90 Å². The Kier molecular flexibility index (Phi) is 8.01. The van der Waals surface area contributed by atoms with Crippen LogP contribution in [-0.2, 0) is 17.6 Å². The SMILES string of the molecule is O=C(CCc1ccc(-c2ccccc2)cc1Br)Nc1ccc(CCN2CCCC2)c(Cl)c1. The van der Waals surface area contributed by atoms with Crippen LogP contribution in [0.2, 0.25) is 5.02 Å². The predicted molar refractivity (Wildman–Crippen MR) is 137 cm³/mol. The lowest BCUT2D eigenvalue weighted by Crippen LogP contribution is -2.22. The Labute approximate surface area is 203 Å². The van der Waals surface area contributed by atoms with Gasteiger partial charge in [-0.15, -0.1) is 0 Å². The number of likely N-dealkylation sites (tertiary alicyclic amines) is 1. The van der Waals surface area contributed by atoms with Crippen molar-refractivity contribution in [2.24, 2.45) is 0 Å². The molecule has 0 spiro atoms. The van der Waals surface area contributed by atoms with E-state index in [0.717, 1.165) is 44.8 Å². The molecule has 0 unspecified atom stereocenters. The molecule has 0 saturated carbocycles. The zero-order chi connectivity index (χ0) is 22.3. The second kappa shape index (κ2) is 11.1. The van der Waals surface area contributed by atoms with Crippen LogP contribution in [0.4, 0.5) is 5.69 Å². The van der Waals surface area contributed by atoms with E-state index in [0.29, 0.717) is 12.8 Å². The largest absolute Gasteiger partial charge is 0.326 e. The number of amides is 1. The summed E-state index contributed by atoms with van der Waals surface area (Å²) in [6.07, 6.45) is 4.62. The van der Waals surface area contributed by atoms with Crippen molar-refractivity contribution in [1.29, 1.82) is 0 Å². The van der Waals surface area contributed by atoms with E-state index in [1.807, 2.05) is 36.4 Å². The van der Waals surface area contributed by atoms with Crippen molar-refractivity contribution in [2.75, 3.05) is 25.0 Å². The maximum atomic E-state index is 12.5. The van der Waals surface area contributed by atoms with Crippen LogP contribution in [0, 0.1) is 0 Å². The Bertz CT molecular complexity index is 1060. The van der Waals surface area contributed by atoms with Crippen LogP contribution in [-0.4, -0.2) is 30.4 Å². The number of hydrogen-bond donors (Lipinski definition) is 1. The van der Waals surface area contributed by atoms with Crippen LogP contribution in [0.25, 0.3) is 11.1 Å². The summed E-state index contributed by atoms with van der Waals surface area (Å²) < 4.78 is 1.03. The Hall–Kier alpha value is -2.14. The zero-order valence-electron chi connectivity index (χ0n) is 18.1. The van der Waals surface area contributed by atoms with E-state index in [2.05, 4.69) is 56.5 Å². The van der Waals surface area contributed by atoms with Crippen LogP contribution in [0.3, 0.4) is 0 Å². The van der Waals surface area contributed by atoms with Gasteiger partial charge in [-0.1, -0.05) is 76.1 Å². The van der Waals surface area contributed by atoms with Crippen LogP contribution in [0.5, 0.6) is 0 Å². The fourth-order valence-electron chi connectivity index (χ4n) is 4.14. The van der Waals surface area contributed by atoms with Gasteiger partial charge >= 0.3 is 0 Å². The molecule has 4 rings (SSSR count). The summed E-state index contributed by atoms with van der Waals surface area (Å²) in [5.74, 6) is -0.00933. The first-order valence-electron chi connectivity index (χ1n) is 11.2. The van der Waals surface area contributed by atoms with E-state index in [9.17, 15) is 4.79 Å².